The molecule has 0 bridgehead atoms. The second-order valence-corrected chi connectivity index (χ2v) is 7.31. The Morgan fingerprint density at radius 1 is 1.46 bits per heavy atom. The number of aliphatic carboxylic acids is 1. The van der Waals surface area contributed by atoms with Crippen molar-refractivity contribution in [1.82, 2.24) is 5.32 Å². The summed E-state index contributed by atoms with van der Waals surface area (Å²) in [6, 6.07) is 1.69. The molecule has 134 valence electrons. The number of carboxylic acid groups (broad SMARTS) is 1. The summed E-state index contributed by atoms with van der Waals surface area (Å²) < 4.78 is 11.2. The van der Waals surface area contributed by atoms with Crippen LogP contribution in [0, 0.1) is 12.3 Å². The van der Waals surface area contributed by atoms with Crippen LogP contribution in [0.2, 0.25) is 0 Å². The van der Waals surface area contributed by atoms with Crippen molar-refractivity contribution in [2.45, 2.75) is 65.5 Å². The van der Waals surface area contributed by atoms with E-state index in [1.165, 1.54) is 0 Å². The zero-order chi connectivity index (χ0) is 18.3. The Morgan fingerprint density at radius 2 is 2.08 bits per heavy atom. The Labute approximate surface area is 142 Å². The van der Waals surface area contributed by atoms with Gasteiger partial charge in [-0.15, -0.1) is 0 Å². The minimum Gasteiger partial charge on any atom is -0.479 e. The van der Waals surface area contributed by atoms with Gasteiger partial charge in [-0.2, -0.15) is 0 Å². The molecule has 24 heavy (non-hydrogen) atoms. The summed E-state index contributed by atoms with van der Waals surface area (Å²) in [5.41, 5.74) is -1.66. The van der Waals surface area contributed by atoms with Gasteiger partial charge >= 0.3 is 5.97 Å². The van der Waals surface area contributed by atoms with E-state index in [4.69, 9.17) is 9.15 Å². The first kappa shape index (κ1) is 18.5. The normalized spacial score (nSPS) is 25.4. The SMILES string of the molecule is CCO[C@@H]1C[C@](NC(=O)c2cc(C(C)C)oc2C)(C(=O)O)C1(C)C. The van der Waals surface area contributed by atoms with Crippen LogP contribution in [0.1, 0.15) is 68.8 Å². The van der Waals surface area contributed by atoms with Crippen molar-refractivity contribution in [2.24, 2.45) is 5.41 Å². The molecule has 1 saturated carbocycles. The Bertz CT molecular complexity index is 646. The van der Waals surface area contributed by atoms with Crippen molar-refractivity contribution >= 4 is 11.9 Å². The molecule has 0 aromatic carbocycles. The lowest BCUT2D eigenvalue weighted by atomic mass is 9.54. The van der Waals surface area contributed by atoms with Gasteiger partial charge < -0.3 is 19.6 Å². The topological polar surface area (TPSA) is 88.8 Å². The third-order valence-corrected chi connectivity index (χ3v) is 5.21. The number of amides is 1. The minimum atomic E-state index is -1.34. The number of carbonyl (C=O) groups excluding carboxylic acids is 1. The van der Waals surface area contributed by atoms with Crippen LogP contribution in [0.25, 0.3) is 0 Å². The molecule has 2 N–H and O–H groups in total. The first-order valence-electron chi connectivity index (χ1n) is 8.34. The smallest absolute Gasteiger partial charge is 0.330 e. The van der Waals surface area contributed by atoms with E-state index in [2.05, 4.69) is 5.32 Å². The van der Waals surface area contributed by atoms with Crippen LogP contribution in [-0.4, -0.2) is 35.2 Å². The maximum atomic E-state index is 12.7. The fourth-order valence-corrected chi connectivity index (χ4v) is 3.31. The lowest BCUT2D eigenvalue weighted by Crippen LogP contribution is -2.76. The van der Waals surface area contributed by atoms with Crippen LogP contribution < -0.4 is 5.32 Å². The van der Waals surface area contributed by atoms with Crippen LogP contribution in [0.4, 0.5) is 0 Å². The number of ether oxygens (including phenoxy) is 1. The molecule has 0 unspecified atom stereocenters. The van der Waals surface area contributed by atoms with Gasteiger partial charge in [0.1, 0.15) is 17.1 Å². The summed E-state index contributed by atoms with van der Waals surface area (Å²) in [5.74, 6) is -0.103. The van der Waals surface area contributed by atoms with E-state index >= 15 is 0 Å². The fraction of sp³-hybridized carbons (Fsp3) is 0.667. The van der Waals surface area contributed by atoms with Crippen molar-refractivity contribution in [3.63, 3.8) is 0 Å². The van der Waals surface area contributed by atoms with Gasteiger partial charge in [-0.25, -0.2) is 4.79 Å². The van der Waals surface area contributed by atoms with E-state index < -0.39 is 22.8 Å². The van der Waals surface area contributed by atoms with E-state index in [0.29, 0.717) is 23.7 Å². The van der Waals surface area contributed by atoms with Gasteiger partial charge in [-0.05, 0) is 19.9 Å². The van der Waals surface area contributed by atoms with Crippen LogP contribution in [0.5, 0.6) is 0 Å². The predicted molar refractivity (Wildman–Crippen MR) is 89.2 cm³/mol. The Kier molecular flexibility index (Phi) is 4.81. The van der Waals surface area contributed by atoms with E-state index in [1.807, 2.05) is 34.6 Å². The van der Waals surface area contributed by atoms with Gasteiger partial charge in [-0.3, -0.25) is 4.79 Å². The van der Waals surface area contributed by atoms with E-state index in [9.17, 15) is 14.7 Å². The number of aryl methyl sites for hydroxylation is 1. The second kappa shape index (κ2) is 6.24. The number of furan rings is 1. The van der Waals surface area contributed by atoms with Crippen molar-refractivity contribution in [3.8, 4) is 0 Å². The minimum absolute atomic E-state index is 0.154. The number of rotatable bonds is 6. The third kappa shape index (κ3) is 2.73. The van der Waals surface area contributed by atoms with Crippen LogP contribution in [0.3, 0.4) is 0 Å². The van der Waals surface area contributed by atoms with Crippen molar-refractivity contribution in [1.29, 1.82) is 0 Å². The maximum absolute atomic E-state index is 12.7. The molecule has 0 saturated heterocycles. The van der Waals surface area contributed by atoms with E-state index in [-0.39, 0.29) is 18.4 Å². The van der Waals surface area contributed by atoms with Crippen LogP contribution >= 0.6 is 0 Å². The van der Waals surface area contributed by atoms with Gasteiger partial charge in [0.05, 0.1) is 11.7 Å². The first-order valence-corrected chi connectivity index (χ1v) is 8.34. The molecule has 2 rings (SSSR count). The molecule has 0 radical (unpaired) electrons. The summed E-state index contributed by atoms with van der Waals surface area (Å²) >= 11 is 0. The molecule has 1 fully saturated rings. The Hall–Kier alpha value is -1.82. The number of hydrogen-bond donors (Lipinski definition) is 2. The van der Waals surface area contributed by atoms with Crippen molar-refractivity contribution in [2.75, 3.05) is 6.61 Å². The summed E-state index contributed by atoms with van der Waals surface area (Å²) in [5, 5.41) is 12.5. The highest BCUT2D eigenvalue weighted by Gasteiger charge is 2.66. The quantitative estimate of drug-likeness (QED) is 0.832. The predicted octanol–water partition coefficient (Wildman–Crippen LogP) is 3.10. The molecule has 6 nitrogen and oxygen atoms in total. The number of carbonyl (C=O) groups is 2. The molecule has 1 aromatic heterocycles. The molecule has 1 heterocycles. The lowest BCUT2D eigenvalue weighted by Gasteiger charge is -2.58. The summed E-state index contributed by atoms with van der Waals surface area (Å²) in [7, 11) is 0. The van der Waals surface area contributed by atoms with Gasteiger partial charge in [0.15, 0.2) is 0 Å². The molecule has 1 aromatic rings. The van der Waals surface area contributed by atoms with Crippen molar-refractivity contribution < 1.29 is 23.8 Å². The fourth-order valence-electron chi connectivity index (χ4n) is 3.31. The highest BCUT2D eigenvalue weighted by atomic mass is 16.5. The molecule has 1 aliphatic rings. The molecular weight excluding hydrogens is 310 g/mol. The lowest BCUT2D eigenvalue weighted by molar-refractivity contribution is -0.190. The van der Waals surface area contributed by atoms with E-state index in [0.717, 1.165) is 0 Å². The molecular formula is C18H27NO5. The Morgan fingerprint density at radius 3 is 2.50 bits per heavy atom. The molecule has 0 aliphatic heterocycles. The average Bonchev–Trinajstić information content (AvgIpc) is 2.87. The standard InChI is InChI=1S/C18H27NO5/c1-7-23-14-9-18(16(21)22,17(14,5)6)19-15(20)12-8-13(10(2)3)24-11(12)4/h8,10,14H,7,9H2,1-6H3,(H,19,20)(H,21,22)/t14-,18+/m1/s1. The summed E-state index contributed by atoms with van der Waals surface area (Å²) in [6.07, 6.45) is 0.0543. The monoisotopic (exact) mass is 337 g/mol. The highest BCUT2D eigenvalue weighted by molar-refractivity contribution is 5.99. The summed E-state index contributed by atoms with van der Waals surface area (Å²) in [6.45, 7) is 11.7. The highest BCUT2D eigenvalue weighted by Crippen LogP contribution is 2.51. The summed E-state index contributed by atoms with van der Waals surface area (Å²) in [4.78, 5) is 24.6. The average molecular weight is 337 g/mol. The van der Waals surface area contributed by atoms with Gasteiger partial charge in [0.25, 0.3) is 5.91 Å². The van der Waals surface area contributed by atoms with Gasteiger partial charge in [-0.1, -0.05) is 27.7 Å². The molecule has 0 spiro atoms. The van der Waals surface area contributed by atoms with Gasteiger partial charge in [0.2, 0.25) is 0 Å². The number of nitrogens with one attached hydrogen (secondary N) is 1. The third-order valence-electron chi connectivity index (χ3n) is 5.21. The number of hydrogen-bond acceptors (Lipinski definition) is 4. The van der Waals surface area contributed by atoms with Crippen LogP contribution in [-0.2, 0) is 9.53 Å². The first-order chi connectivity index (χ1) is 11.1. The zero-order valence-electron chi connectivity index (χ0n) is 15.2. The molecule has 6 heteroatoms. The van der Waals surface area contributed by atoms with Crippen LogP contribution in [0.15, 0.2) is 10.5 Å². The van der Waals surface area contributed by atoms with E-state index in [1.54, 1.807) is 13.0 Å². The van der Waals surface area contributed by atoms with Gasteiger partial charge in [0, 0.05) is 24.4 Å². The number of carboxylic acids is 1. The van der Waals surface area contributed by atoms with Crippen molar-refractivity contribution in [3.05, 3.63) is 23.2 Å². The molecule has 1 amide bonds. The largest absolute Gasteiger partial charge is 0.479 e. The zero-order valence-corrected chi connectivity index (χ0v) is 15.2. The molecule has 2 atom stereocenters. The Balaban J connectivity index is 2.27. The second-order valence-electron chi connectivity index (χ2n) is 7.31. The maximum Gasteiger partial charge on any atom is 0.330 e. The molecule has 1 aliphatic carbocycles.